The van der Waals surface area contributed by atoms with E-state index >= 15 is 0 Å². The van der Waals surface area contributed by atoms with E-state index < -0.39 is 0 Å². The fourth-order valence-corrected chi connectivity index (χ4v) is 1.29. The van der Waals surface area contributed by atoms with Gasteiger partial charge >= 0.3 is 5.97 Å². The fraction of sp³-hybridized carbons (Fsp3) is 0.214. The van der Waals surface area contributed by atoms with Gasteiger partial charge in [-0.05, 0) is 30.4 Å². The van der Waals surface area contributed by atoms with Gasteiger partial charge < -0.3 is 4.74 Å². The van der Waals surface area contributed by atoms with Crippen molar-refractivity contribution < 1.29 is 9.53 Å². The molecule has 1 heterocycles. The Morgan fingerprint density at radius 2 is 2.12 bits per heavy atom. The molecular weight excluding hydrogens is 214 g/mol. The molecule has 0 atom stereocenters. The van der Waals surface area contributed by atoms with Crippen molar-refractivity contribution in [3.05, 3.63) is 46.6 Å². The van der Waals surface area contributed by atoms with Crippen LogP contribution in [0.1, 0.15) is 13.8 Å². The molecule has 2 rings (SSSR count). The monoisotopic (exact) mass is 229 g/mol. The van der Waals surface area contributed by atoms with Crippen LogP contribution in [0, 0.1) is 0 Å². The average molecular weight is 229 g/mol. The van der Waals surface area contributed by atoms with E-state index in [0.717, 1.165) is 10.6 Å². The molecule has 17 heavy (non-hydrogen) atoms. The second kappa shape index (κ2) is 6.46. The lowest BCUT2D eigenvalue weighted by molar-refractivity contribution is -0.135. The highest BCUT2D eigenvalue weighted by Gasteiger charge is 2.04. The number of hydrogen-bond acceptors (Lipinski definition) is 3. The number of aromatic nitrogens is 1. The maximum Gasteiger partial charge on any atom is 0.338 e. The number of carbonyl (C=O) groups is 1. The Kier molecular flexibility index (Phi) is 4.92. The molecule has 1 aliphatic rings. The van der Waals surface area contributed by atoms with Gasteiger partial charge in [0.2, 0.25) is 0 Å². The van der Waals surface area contributed by atoms with Crippen LogP contribution in [-0.2, 0) is 9.53 Å². The topological polar surface area (TPSA) is 39.2 Å². The predicted octanol–water partition coefficient (Wildman–Crippen LogP) is 0.937. The third-order valence-electron chi connectivity index (χ3n) is 2.06. The van der Waals surface area contributed by atoms with E-state index in [1.807, 2.05) is 26.0 Å². The first kappa shape index (κ1) is 12.9. The molecule has 0 bridgehead atoms. The minimum atomic E-state index is -0.369. The van der Waals surface area contributed by atoms with Gasteiger partial charge in [0.05, 0.1) is 18.0 Å². The zero-order valence-corrected chi connectivity index (χ0v) is 10.2. The van der Waals surface area contributed by atoms with Crippen molar-refractivity contribution in [2.45, 2.75) is 13.8 Å². The lowest BCUT2D eigenvalue weighted by Crippen LogP contribution is -2.25. The molecule has 3 nitrogen and oxygen atoms in total. The highest BCUT2D eigenvalue weighted by atomic mass is 16.5. The number of fused-ring (bicyclic) bond motifs is 1. The summed E-state index contributed by atoms with van der Waals surface area (Å²) in [7, 11) is 1.35. The molecule has 0 amide bonds. The number of pyridine rings is 1. The Bertz CT molecular complexity index is 578. The number of carbonyl (C=O) groups excluding carboxylic acids is 1. The van der Waals surface area contributed by atoms with Crippen LogP contribution in [0.3, 0.4) is 0 Å². The number of rotatable bonds is 1. The van der Waals surface area contributed by atoms with Crippen LogP contribution in [0.15, 0.2) is 36.1 Å². The Hall–Kier alpha value is -2.12. The van der Waals surface area contributed by atoms with Crippen LogP contribution < -0.4 is 10.6 Å². The first-order valence-corrected chi connectivity index (χ1v) is 5.49. The molecule has 1 aromatic heterocycles. The van der Waals surface area contributed by atoms with E-state index in [0.29, 0.717) is 5.57 Å². The van der Waals surface area contributed by atoms with Crippen molar-refractivity contribution in [2.75, 3.05) is 7.11 Å². The van der Waals surface area contributed by atoms with Gasteiger partial charge in [0.25, 0.3) is 0 Å². The third kappa shape index (κ3) is 3.16. The summed E-state index contributed by atoms with van der Waals surface area (Å²) in [6.45, 7) is 4.00. The molecule has 1 aromatic rings. The van der Waals surface area contributed by atoms with Gasteiger partial charge in [-0.15, -0.1) is 5.73 Å². The zero-order chi connectivity index (χ0) is 12.7. The van der Waals surface area contributed by atoms with Gasteiger partial charge in [-0.3, -0.25) is 4.98 Å². The fourth-order valence-electron chi connectivity index (χ4n) is 1.29. The quantitative estimate of drug-likeness (QED) is 0.673. The molecule has 88 valence electrons. The minimum absolute atomic E-state index is 0.369. The van der Waals surface area contributed by atoms with Crippen LogP contribution in [0.5, 0.6) is 0 Å². The highest BCUT2D eigenvalue weighted by Crippen LogP contribution is 2.00. The molecule has 0 saturated carbocycles. The number of nitrogens with zero attached hydrogens (tertiary/aromatic N) is 1. The summed E-state index contributed by atoms with van der Waals surface area (Å²) < 4.78 is 4.63. The lowest BCUT2D eigenvalue weighted by atomic mass is 10.2. The number of hydrogen-bond donors (Lipinski definition) is 0. The molecule has 3 heteroatoms. The lowest BCUT2D eigenvalue weighted by Gasteiger charge is -1.95. The van der Waals surface area contributed by atoms with Crippen LogP contribution in [0.25, 0.3) is 11.8 Å². The number of esters is 1. The zero-order valence-electron chi connectivity index (χ0n) is 10.2. The molecule has 1 aliphatic carbocycles. The molecule has 0 saturated heterocycles. The first-order chi connectivity index (χ1) is 8.31. The summed E-state index contributed by atoms with van der Waals surface area (Å²) in [4.78, 5) is 15.4. The standard InChI is InChI=1S/C12H9NO2.C2H6/c1-15-12(14)10-5-4-9-3-2-8-13-11(9)7-6-10;1-2/h2-3,5-8H,1H3;1-2H3. The van der Waals surface area contributed by atoms with Crippen LogP contribution in [-0.4, -0.2) is 18.1 Å². The summed E-state index contributed by atoms with van der Waals surface area (Å²) in [5.74, 6) is -0.369. The largest absolute Gasteiger partial charge is 0.465 e. The van der Waals surface area contributed by atoms with E-state index in [9.17, 15) is 4.79 Å². The van der Waals surface area contributed by atoms with Gasteiger partial charge in [0.15, 0.2) is 0 Å². The van der Waals surface area contributed by atoms with Crippen molar-refractivity contribution in [3.8, 4) is 0 Å². The Morgan fingerprint density at radius 1 is 1.35 bits per heavy atom. The number of allylic oxidation sites excluding steroid dienone is 1. The van der Waals surface area contributed by atoms with E-state index in [2.05, 4.69) is 15.5 Å². The summed E-state index contributed by atoms with van der Waals surface area (Å²) in [5.41, 5.74) is 3.47. The van der Waals surface area contributed by atoms with Crippen LogP contribution in [0.4, 0.5) is 0 Å². The molecule has 0 aliphatic heterocycles. The predicted molar refractivity (Wildman–Crippen MR) is 67.4 cm³/mol. The highest BCUT2D eigenvalue weighted by molar-refractivity contribution is 5.93. The second-order valence-corrected chi connectivity index (χ2v) is 3.01. The summed E-state index contributed by atoms with van der Waals surface area (Å²) >= 11 is 0. The van der Waals surface area contributed by atoms with Crippen LogP contribution >= 0.6 is 0 Å². The summed E-state index contributed by atoms with van der Waals surface area (Å²) in [5, 5.41) is 1.67. The molecule has 0 aromatic carbocycles. The number of ether oxygens (including phenoxy) is 1. The molecule has 0 unspecified atom stereocenters. The first-order valence-electron chi connectivity index (χ1n) is 5.49. The third-order valence-corrected chi connectivity index (χ3v) is 2.06. The molecule has 0 N–H and O–H groups in total. The van der Waals surface area contributed by atoms with Gasteiger partial charge in [-0.1, -0.05) is 13.8 Å². The Labute approximate surface area is 100 Å². The SMILES string of the molecule is CC.COC(=O)C1=CC=c2ncccc2=C=C1. The van der Waals surface area contributed by atoms with Crippen molar-refractivity contribution in [2.24, 2.45) is 0 Å². The van der Waals surface area contributed by atoms with E-state index in [1.54, 1.807) is 24.4 Å². The number of methoxy groups -OCH3 is 1. The van der Waals surface area contributed by atoms with Gasteiger partial charge in [0.1, 0.15) is 0 Å². The molecular formula is C14H15NO2. The molecule has 0 fully saturated rings. The van der Waals surface area contributed by atoms with Crippen molar-refractivity contribution in [1.29, 1.82) is 0 Å². The van der Waals surface area contributed by atoms with E-state index in [1.165, 1.54) is 7.11 Å². The molecule has 0 spiro atoms. The van der Waals surface area contributed by atoms with E-state index in [4.69, 9.17) is 0 Å². The van der Waals surface area contributed by atoms with E-state index in [-0.39, 0.29) is 5.97 Å². The summed E-state index contributed by atoms with van der Waals surface area (Å²) in [6.07, 6.45) is 6.76. The Morgan fingerprint density at radius 3 is 2.82 bits per heavy atom. The Balaban J connectivity index is 0.000000686. The van der Waals surface area contributed by atoms with Gasteiger partial charge in [0, 0.05) is 11.4 Å². The van der Waals surface area contributed by atoms with Gasteiger partial charge in [-0.25, -0.2) is 4.79 Å². The average Bonchev–Trinajstić information content (AvgIpc) is 2.62. The summed E-state index contributed by atoms with van der Waals surface area (Å²) in [6, 6.07) is 3.72. The molecule has 0 radical (unpaired) electrons. The van der Waals surface area contributed by atoms with Crippen molar-refractivity contribution in [1.82, 2.24) is 4.98 Å². The minimum Gasteiger partial charge on any atom is -0.465 e. The maximum atomic E-state index is 11.3. The smallest absolute Gasteiger partial charge is 0.338 e. The second-order valence-electron chi connectivity index (χ2n) is 3.01. The van der Waals surface area contributed by atoms with Crippen molar-refractivity contribution >= 4 is 17.8 Å². The maximum absolute atomic E-state index is 11.3. The normalized spacial score (nSPS) is 11.6. The van der Waals surface area contributed by atoms with Crippen LogP contribution in [0.2, 0.25) is 0 Å². The van der Waals surface area contributed by atoms with Gasteiger partial charge in [-0.2, -0.15) is 0 Å². The van der Waals surface area contributed by atoms with Crippen molar-refractivity contribution in [3.63, 3.8) is 0 Å².